The lowest BCUT2D eigenvalue weighted by Crippen LogP contribution is -2.63. The SMILES string of the molecule is CN(C)[C@H]1C(O)=C(C(N)=O)C(=O)[C@]2(O)C(O)=C3C(=O)c4c(O)c(CN5C(=O)c6ccccc6C5=O)cc(-c5cccc([N+](=O)[O-])c5)c4C[C@@H]3C[C@H]12. The molecular weight excluding hydrogens is 664 g/mol. The van der Waals surface area contributed by atoms with Gasteiger partial charge in [0.05, 0.1) is 34.2 Å². The average molecular weight is 695 g/mol. The fourth-order valence-corrected chi connectivity index (χ4v) is 8.09. The van der Waals surface area contributed by atoms with Crippen molar-refractivity contribution in [3.63, 3.8) is 0 Å². The van der Waals surface area contributed by atoms with E-state index in [-0.39, 0.29) is 57.5 Å². The highest BCUT2D eigenvalue weighted by atomic mass is 16.6. The molecule has 3 amide bonds. The van der Waals surface area contributed by atoms with Crippen molar-refractivity contribution in [2.24, 2.45) is 17.6 Å². The number of benzene rings is 3. The zero-order valence-electron chi connectivity index (χ0n) is 27.1. The molecule has 0 saturated carbocycles. The molecule has 1 aliphatic heterocycles. The molecule has 0 aromatic heterocycles. The molecule has 3 aromatic carbocycles. The van der Waals surface area contributed by atoms with Crippen LogP contribution >= 0.6 is 0 Å². The van der Waals surface area contributed by atoms with Gasteiger partial charge in [0.1, 0.15) is 22.8 Å². The Balaban J connectivity index is 1.43. The number of allylic oxidation sites excluding steroid dienone is 1. The number of aromatic hydroxyl groups is 1. The van der Waals surface area contributed by atoms with E-state index in [9.17, 15) is 54.5 Å². The number of nitro benzene ring substituents is 1. The number of imide groups is 1. The van der Waals surface area contributed by atoms with Crippen LogP contribution in [0.1, 0.15) is 48.6 Å². The largest absolute Gasteiger partial charge is 0.510 e. The summed E-state index contributed by atoms with van der Waals surface area (Å²) in [6, 6.07) is 11.9. The van der Waals surface area contributed by atoms with E-state index in [0.717, 1.165) is 4.90 Å². The number of fused-ring (bicyclic) bond motifs is 4. The molecule has 3 aliphatic carbocycles. The van der Waals surface area contributed by atoms with E-state index in [1.54, 1.807) is 18.2 Å². The average Bonchev–Trinajstić information content (AvgIpc) is 3.32. The molecule has 0 spiro atoms. The highest BCUT2D eigenvalue weighted by Crippen LogP contribution is 2.53. The summed E-state index contributed by atoms with van der Waals surface area (Å²) < 4.78 is 0. The number of phenols is 1. The fourth-order valence-electron chi connectivity index (χ4n) is 8.09. The van der Waals surface area contributed by atoms with Crippen molar-refractivity contribution >= 4 is 35.0 Å². The van der Waals surface area contributed by atoms with Gasteiger partial charge in [0.15, 0.2) is 11.4 Å². The van der Waals surface area contributed by atoms with Gasteiger partial charge in [-0.3, -0.25) is 43.9 Å². The molecule has 7 rings (SSSR count). The molecule has 0 saturated heterocycles. The summed E-state index contributed by atoms with van der Waals surface area (Å²) in [6.45, 7) is -0.504. The van der Waals surface area contributed by atoms with Crippen molar-refractivity contribution in [3.8, 4) is 16.9 Å². The van der Waals surface area contributed by atoms with Gasteiger partial charge in [0, 0.05) is 29.2 Å². The first-order chi connectivity index (χ1) is 24.1. The van der Waals surface area contributed by atoms with E-state index < -0.39 is 92.6 Å². The van der Waals surface area contributed by atoms with E-state index in [1.807, 2.05) is 0 Å². The Hall–Kier alpha value is -6.19. The van der Waals surface area contributed by atoms with Crippen LogP contribution in [-0.4, -0.2) is 90.2 Å². The number of primary amides is 1. The summed E-state index contributed by atoms with van der Waals surface area (Å²) in [7, 11) is 3.03. The first-order valence-corrected chi connectivity index (χ1v) is 15.8. The van der Waals surface area contributed by atoms with Crippen LogP contribution in [0, 0.1) is 22.0 Å². The predicted octanol–water partition coefficient (Wildman–Crippen LogP) is 2.49. The Morgan fingerprint density at radius 2 is 1.65 bits per heavy atom. The quantitative estimate of drug-likeness (QED) is 0.108. The zero-order chi connectivity index (χ0) is 36.8. The number of amides is 3. The lowest BCUT2D eigenvalue weighted by Gasteiger charge is -2.50. The van der Waals surface area contributed by atoms with Crippen LogP contribution in [0.25, 0.3) is 11.1 Å². The zero-order valence-corrected chi connectivity index (χ0v) is 27.1. The normalized spacial score (nSPS) is 24.1. The number of carbonyl (C=O) groups is 5. The summed E-state index contributed by atoms with van der Waals surface area (Å²) in [4.78, 5) is 80.5. The maximum Gasteiger partial charge on any atom is 0.270 e. The summed E-state index contributed by atoms with van der Waals surface area (Å²) in [6.07, 6.45) is -0.259. The molecule has 0 unspecified atom stereocenters. The Morgan fingerprint density at radius 1 is 1.00 bits per heavy atom. The second-order valence-corrected chi connectivity index (χ2v) is 13.3. The highest BCUT2D eigenvalue weighted by molar-refractivity contribution is 6.25. The van der Waals surface area contributed by atoms with Crippen LogP contribution in [0.15, 0.2) is 77.3 Å². The monoisotopic (exact) mass is 694 g/mol. The number of nitro groups is 1. The van der Waals surface area contributed by atoms with Crippen LogP contribution < -0.4 is 5.73 Å². The van der Waals surface area contributed by atoms with Gasteiger partial charge in [-0.05, 0) is 67.7 Å². The van der Waals surface area contributed by atoms with E-state index >= 15 is 0 Å². The smallest absolute Gasteiger partial charge is 0.270 e. The van der Waals surface area contributed by atoms with Gasteiger partial charge >= 0.3 is 0 Å². The van der Waals surface area contributed by atoms with Crippen molar-refractivity contribution < 1.29 is 49.3 Å². The van der Waals surface area contributed by atoms with Crippen molar-refractivity contribution in [3.05, 3.63) is 115 Å². The summed E-state index contributed by atoms with van der Waals surface area (Å²) in [5.74, 6) is -9.62. The predicted molar refractivity (Wildman–Crippen MR) is 176 cm³/mol. The van der Waals surface area contributed by atoms with E-state index in [0.29, 0.717) is 0 Å². The molecular formula is C36H30N4O11. The molecule has 4 atom stereocenters. The number of rotatable bonds is 6. The second-order valence-electron chi connectivity index (χ2n) is 13.3. The van der Waals surface area contributed by atoms with Gasteiger partial charge < -0.3 is 26.2 Å². The van der Waals surface area contributed by atoms with Crippen LogP contribution in [0.2, 0.25) is 0 Å². The first kappa shape index (κ1) is 33.3. The number of nitrogens with two attached hydrogens (primary N) is 1. The summed E-state index contributed by atoms with van der Waals surface area (Å²) in [5.41, 5.74) is 1.51. The Morgan fingerprint density at radius 3 is 2.24 bits per heavy atom. The number of likely N-dealkylation sites (N-methyl/N-ethyl adjacent to an activating group) is 1. The highest BCUT2D eigenvalue weighted by Gasteiger charge is 2.63. The standard InChI is InChI=1S/C36H30N4O11/c1-38(2)27-23-13-16-11-22-21(15-6-5-7-18(10-15)40(50)51)12-17(14-39-34(47)19-8-3-4-9-20(19)35(39)48)28(41)25(22)29(42)24(16)31(44)36(23,49)32(45)26(30(27)43)33(37)46/h3-10,12,16,23,27,41,43-44,49H,11,13-14H2,1-2H3,(H2,37,46)/t16-,23-,27-,36-/m1/s1. The van der Waals surface area contributed by atoms with Crippen LogP contribution in [0.3, 0.4) is 0 Å². The maximum absolute atomic E-state index is 14.5. The molecule has 4 aliphatic rings. The summed E-state index contributed by atoms with van der Waals surface area (Å²) >= 11 is 0. The first-order valence-electron chi connectivity index (χ1n) is 15.8. The Labute approximate surface area is 288 Å². The van der Waals surface area contributed by atoms with Crippen molar-refractivity contribution in [1.29, 1.82) is 0 Å². The van der Waals surface area contributed by atoms with Gasteiger partial charge in [0.2, 0.25) is 5.78 Å². The summed E-state index contributed by atoms with van der Waals surface area (Å²) in [5, 5.41) is 58.2. The van der Waals surface area contributed by atoms with Gasteiger partial charge in [-0.2, -0.15) is 0 Å². The van der Waals surface area contributed by atoms with E-state index in [1.165, 1.54) is 55.4 Å². The van der Waals surface area contributed by atoms with Crippen molar-refractivity contribution in [1.82, 2.24) is 9.80 Å². The number of non-ortho nitro benzene ring substituents is 1. The van der Waals surface area contributed by atoms with Crippen LogP contribution in [-0.2, 0) is 22.6 Å². The third-order valence-electron chi connectivity index (χ3n) is 10.4. The number of hydrogen-bond donors (Lipinski definition) is 5. The number of aliphatic hydroxyl groups is 3. The topological polar surface area (TPSA) is 242 Å². The third-order valence-corrected chi connectivity index (χ3v) is 10.4. The minimum Gasteiger partial charge on any atom is -0.510 e. The van der Waals surface area contributed by atoms with Gasteiger partial charge in [-0.25, -0.2) is 0 Å². The van der Waals surface area contributed by atoms with E-state index in [2.05, 4.69) is 0 Å². The number of nitrogens with zero attached hydrogens (tertiary/aromatic N) is 3. The molecule has 0 bridgehead atoms. The molecule has 6 N–H and O–H groups in total. The number of Topliss-reactive ketones (excluding diaryl/α,β-unsaturated/α-hetero) is 2. The number of carbonyl (C=O) groups excluding carboxylic acids is 5. The molecule has 1 heterocycles. The fraction of sp³-hybridized carbons (Fsp3) is 0.250. The molecule has 15 nitrogen and oxygen atoms in total. The lowest BCUT2D eigenvalue weighted by molar-refractivity contribution is -0.384. The number of aliphatic hydroxyl groups excluding tert-OH is 2. The van der Waals surface area contributed by atoms with Crippen LogP contribution in [0.5, 0.6) is 5.75 Å². The second kappa shape index (κ2) is 11.4. The number of phenolic OH excluding ortho intramolecular Hbond substituents is 1. The minimum absolute atomic E-state index is 0.0747. The molecule has 260 valence electrons. The molecule has 0 radical (unpaired) electrons. The number of ketones is 2. The van der Waals surface area contributed by atoms with Crippen molar-refractivity contribution in [2.45, 2.75) is 31.0 Å². The Kier molecular flexibility index (Phi) is 7.47. The van der Waals surface area contributed by atoms with Gasteiger partial charge in [0.25, 0.3) is 23.4 Å². The third kappa shape index (κ3) is 4.62. The lowest BCUT2D eigenvalue weighted by atomic mass is 9.58. The molecule has 3 aromatic rings. The minimum atomic E-state index is -2.86. The van der Waals surface area contributed by atoms with Gasteiger partial charge in [-0.15, -0.1) is 0 Å². The Bertz CT molecular complexity index is 2200. The van der Waals surface area contributed by atoms with Crippen LogP contribution in [0.4, 0.5) is 5.69 Å². The van der Waals surface area contributed by atoms with Crippen molar-refractivity contribution in [2.75, 3.05) is 14.1 Å². The molecule has 0 fully saturated rings. The molecule has 51 heavy (non-hydrogen) atoms. The number of hydrogen-bond acceptors (Lipinski definition) is 12. The molecule has 15 heteroatoms. The maximum atomic E-state index is 14.5. The van der Waals surface area contributed by atoms with Gasteiger partial charge in [-0.1, -0.05) is 24.3 Å². The van der Waals surface area contributed by atoms with E-state index in [4.69, 9.17) is 5.73 Å².